The van der Waals surface area contributed by atoms with Crippen molar-refractivity contribution in [1.29, 1.82) is 0 Å². The van der Waals surface area contributed by atoms with Crippen molar-refractivity contribution in [2.45, 2.75) is 0 Å². The number of nitrogens with one attached hydrogen (secondary N) is 1. The molecule has 9 heteroatoms. The molecule has 1 N–H and O–H groups in total. The number of nitro groups is 1. The van der Waals surface area contributed by atoms with Gasteiger partial charge in [-0.1, -0.05) is 0 Å². The molecule has 0 aliphatic carbocycles. The lowest BCUT2D eigenvalue weighted by Gasteiger charge is -2.04. The molecule has 4 aromatic rings. The van der Waals surface area contributed by atoms with Gasteiger partial charge >= 0.3 is 0 Å². The van der Waals surface area contributed by atoms with Gasteiger partial charge in [0.25, 0.3) is 11.6 Å². The molecule has 0 saturated carbocycles. The van der Waals surface area contributed by atoms with Crippen molar-refractivity contribution in [2.75, 3.05) is 5.32 Å². The van der Waals surface area contributed by atoms with Gasteiger partial charge in [-0.15, -0.1) is 0 Å². The molecule has 29 heavy (non-hydrogen) atoms. The second-order valence-electron chi connectivity index (χ2n) is 6.08. The summed E-state index contributed by atoms with van der Waals surface area (Å²) in [4.78, 5) is 27.2. The Morgan fingerprint density at radius 2 is 1.86 bits per heavy atom. The van der Waals surface area contributed by atoms with Crippen molar-refractivity contribution >= 4 is 66.9 Å². The summed E-state index contributed by atoms with van der Waals surface area (Å²) in [6.45, 7) is 0. The van der Waals surface area contributed by atoms with Crippen LogP contribution in [0.15, 0.2) is 69.6 Å². The van der Waals surface area contributed by atoms with E-state index in [0.29, 0.717) is 28.2 Å². The van der Waals surface area contributed by atoms with Crippen LogP contribution in [0.5, 0.6) is 0 Å². The molecule has 0 fully saturated rings. The second kappa shape index (κ2) is 7.91. The van der Waals surface area contributed by atoms with E-state index in [1.165, 1.54) is 24.3 Å². The number of carbonyl (C=O) groups is 1. The van der Waals surface area contributed by atoms with Crippen LogP contribution in [0.25, 0.3) is 22.6 Å². The summed E-state index contributed by atoms with van der Waals surface area (Å²) in [6.07, 6.45) is 0. The molecule has 0 bridgehead atoms. The summed E-state index contributed by atoms with van der Waals surface area (Å²) in [5, 5.41) is 13.5. The Labute approximate surface area is 186 Å². The zero-order chi connectivity index (χ0) is 20.5. The van der Waals surface area contributed by atoms with Crippen LogP contribution in [0.4, 0.5) is 11.4 Å². The lowest BCUT2D eigenvalue weighted by atomic mass is 10.2. The van der Waals surface area contributed by atoms with Crippen molar-refractivity contribution in [3.05, 3.63) is 84.4 Å². The maximum atomic E-state index is 12.4. The van der Waals surface area contributed by atoms with Gasteiger partial charge in [0, 0.05) is 31.4 Å². The number of nitro benzene ring substituents is 1. The first-order valence-electron chi connectivity index (χ1n) is 8.32. The number of aromatic nitrogens is 1. The third kappa shape index (κ3) is 4.15. The minimum absolute atomic E-state index is 0.0696. The standard InChI is InChI=1S/C20H11BrIN3O4/c21-16-7-3-12(22)9-15(16)20-24-17-10-13(4-8-18(17)29-20)23-19(26)11-1-5-14(6-2-11)25(27)28/h1-10H,(H,23,26). The molecule has 0 atom stereocenters. The molecule has 7 nitrogen and oxygen atoms in total. The Morgan fingerprint density at radius 1 is 1.10 bits per heavy atom. The van der Waals surface area contributed by atoms with Crippen molar-refractivity contribution in [3.8, 4) is 11.5 Å². The first-order chi connectivity index (χ1) is 13.9. The van der Waals surface area contributed by atoms with E-state index in [2.05, 4.69) is 48.8 Å². The average molecular weight is 564 g/mol. The Balaban J connectivity index is 1.59. The van der Waals surface area contributed by atoms with Crippen LogP contribution >= 0.6 is 38.5 Å². The number of anilines is 1. The molecule has 0 aliphatic rings. The molecule has 0 aliphatic heterocycles. The van der Waals surface area contributed by atoms with Crippen LogP contribution < -0.4 is 5.32 Å². The first-order valence-corrected chi connectivity index (χ1v) is 10.2. The molecular formula is C20H11BrIN3O4. The molecule has 3 aromatic carbocycles. The van der Waals surface area contributed by atoms with Crippen LogP contribution in [-0.2, 0) is 0 Å². The topological polar surface area (TPSA) is 98.3 Å². The quantitative estimate of drug-likeness (QED) is 0.186. The molecule has 1 amide bonds. The first kappa shape index (κ1) is 19.5. The highest BCUT2D eigenvalue weighted by molar-refractivity contribution is 14.1. The fourth-order valence-electron chi connectivity index (χ4n) is 2.72. The Morgan fingerprint density at radius 3 is 2.59 bits per heavy atom. The highest BCUT2D eigenvalue weighted by Gasteiger charge is 2.14. The van der Waals surface area contributed by atoms with Gasteiger partial charge in [0.2, 0.25) is 5.89 Å². The van der Waals surface area contributed by atoms with Crippen LogP contribution in [-0.4, -0.2) is 15.8 Å². The van der Waals surface area contributed by atoms with Gasteiger partial charge in [0.15, 0.2) is 5.58 Å². The predicted octanol–water partition coefficient (Wildman–Crippen LogP) is 6.02. The monoisotopic (exact) mass is 563 g/mol. The number of rotatable bonds is 4. The summed E-state index contributed by atoms with van der Waals surface area (Å²) < 4.78 is 7.78. The van der Waals surface area contributed by atoms with Crippen LogP contribution in [0, 0.1) is 13.7 Å². The maximum Gasteiger partial charge on any atom is 0.269 e. The van der Waals surface area contributed by atoms with E-state index in [9.17, 15) is 14.9 Å². The van der Waals surface area contributed by atoms with Gasteiger partial charge in [-0.3, -0.25) is 14.9 Å². The number of halogens is 2. The van der Waals surface area contributed by atoms with E-state index in [1.54, 1.807) is 18.2 Å². The van der Waals surface area contributed by atoms with Crippen molar-refractivity contribution in [3.63, 3.8) is 0 Å². The van der Waals surface area contributed by atoms with Crippen molar-refractivity contribution in [2.24, 2.45) is 0 Å². The Kier molecular flexibility index (Phi) is 5.33. The summed E-state index contributed by atoms with van der Waals surface area (Å²) in [7, 11) is 0. The zero-order valence-electron chi connectivity index (χ0n) is 14.6. The Hall–Kier alpha value is -2.79. The summed E-state index contributed by atoms with van der Waals surface area (Å²) >= 11 is 5.73. The van der Waals surface area contributed by atoms with E-state index in [1.807, 2.05) is 18.2 Å². The molecule has 1 aromatic heterocycles. The average Bonchev–Trinajstić information content (AvgIpc) is 3.13. The minimum Gasteiger partial charge on any atom is -0.436 e. The number of carbonyl (C=O) groups excluding carboxylic acids is 1. The fraction of sp³-hybridized carbons (Fsp3) is 0. The van der Waals surface area contributed by atoms with E-state index in [-0.39, 0.29) is 11.6 Å². The fourth-order valence-corrected chi connectivity index (χ4v) is 3.63. The van der Waals surface area contributed by atoms with Gasteiger partial charge < -0.3 is 9.73 Å². The summed E-state index contributed by atoms with van der Waals surface area (Å²) in [5.41, 5.74) is 2.83. The number of non-ortho nitro benzene ring substituents is 1. The van der Waals surface area contributed by atoms with Crippen molar-refractivity contribution < 1.29 is 14.1 Å². The second-order valence-corrected chi connectivity index (χ2v) is 8.18. The van der Waals surface area contributed by atoms with Crippen LogP contribution in [0.3, 0.4) is 0 Å². The molecule has 0 radical (unpaired) electrons. The number of fused-ring (bicyclic) bond motifs is 1. The van der Waals surface area contributed by atoms with E-state index < -0.39 is 4.92 Å². The molecule has 0 saturated heterocycles. The van der Waals surface area contributed by atoms with Gasteiger partial charge in [-0.25, -0.2) is 4.98 Å². The van der Waals surface area contributed by atoms with Crippen molar-refractivity contribution in [1.82, 2.24) is 4.98 Å². The number of hydrogen-bond acceptors (Lipinski definition) is 5. The molecule has 1 heterocycles. The lowest BCUT2D eigenvalue weighted by Crippen LogP contribution is -2.11. The molecular weight excluding hydrogens is 553 g/mol. The molecule has 4 rings (SSSR count). The highest BCUT2D eigenvalue weighted by Crippen LogP contribution is 2.32. The van der Waals surface area contributed by atoms with Gasteiger partial charge in [-0.2, -0.15) is 0 Å². The minimum atomic E-state index is -0.510. The third-order valence-electron chi connectivity index (χ3n) is 4.14. The number of nitrogens with zero attached hydrogens (tertiary/aromatic N) is 2. The number of benzene rings is 3. The SMILES string of the molecule is O=C(Nc1ccc2oc(-c3cc(I)ccc3Br)nc2c1)c1ccc([N+](=O)[O-])cc1. The molecule has 144 valence electrons. The van der Waals surface area contributed by atoms with Crippen LogP contribution in [0.2, 0.25) is 0 Å². The number of amides is 1. The normalized spacial score (nSPS) is 10.8. The smallest absolute Gasteiger partial charge is 0.269 e. The van der Waals surface area contributed by atoms with Crippen LogP contribution in [0.1, 0.15) is 10.4 Å². The highest BCUT2D eigenvalue weighted by atomic mass is 127. The number of oxazole rings is 1. The van der Waals surface area contributed by atoms with E-state index >= 15 is 0 Å². The maximum absolute atomic E-state index is 12.4. The van der Waals surface area contributed by atoms with Gasteiger partial charge in [-0.05, 0) is 87.1 Å². The Bertz CT molecular complexity index is 1250. The number of hydrogen-bond donors (Lipinski definition) is 1. The zero-order valence-corrected chi connectivity index (χ0v) is 18.3. The molecule has 0 unspecified atom stereocenters. The van der Waals surface area contributed by atoms with Gasteiger partial charge in [0.05, 0.1) is 10.5 Å². The van der Waals surface area contributed by atoms with Gasteiger partial charge in [0.1, 0.15) is 5.52 Å². The van der Waals surface area contributed by atoms with E-state index in [0.717, 1.165) is 13.6 Å². The summed E-state index contributed by atoms with van der Waals surface area (Å²) in [5.74, 6) is 0.104. The summed E-state index contributed by atoms with van der Waals surface area (Å²) in [6, 6.07) is 16.4. The molecule has 0 spiro atoms. The lowest BCUT2D eigenvalue weighted by molar-refractivity contribution is -0.384. The largest absolute Gasteiger partial charge is 0.436 e. The van der Waals surface area contributed by atoms with E-state index in [4.69, 9.17) is 4.42 Å². The third-order valence-corrected chi connectivity index (χ3v) is 5.51. The predicted molar refractivity (Wildman–Crippen MR) is 121 cm³/mol.